The van der Waals surface area contributed by atoms with Crippen LogP contribution in [0.2, 0.25) is 0 Å². The van der Waals surface area contributed by atoms with Gasteiger partial charge in [-0.15, -0.1) is 0 Å². The fourth-order valence-electron chi connectivity index (χ4n) is 0. The number of rotatable bonds is 0. The Hall–Kier alpha value is 1.000. The Morgan fingerprint density at radius 3 is 0.625 bits per heavy atom. The van der Waals surface area contributed by atoms with Gasteiger partial charge in [0.05, 0.1) is 47.5 Å². The normalized spacial score (nSPS) is 4.50. The van der Waals surface area contributed by atoms with Crippen molar-refractivity contribution in [1.29, 1.82) is 0 Å². The van der Waals surface area contributed by atoms with E-state index < -0.39 is 22.7 Å². The molecule has 8 heteroatoms. The zero-order chi connectivity index (χ0) is 5.41. The van der Waals surface area contributed by atoms with Crippen molar-refractivity contribution in [2.75, 3.05) is 0 Å². The summed E-state index contributed by atoms with van der Waals surface area (Å²) in [5.41, 5.74) is 0. The quantitative estimate of drug-likeness (QED) is 0.398. The van der Waals surface area contributed by atoms with E-state index in [9.17, 15) is 0 Å². The Bertz CT molecular complexity index is 10.0. The summed E-state index contributed by atoms with van der Waals surface area (Å²) in [7, 11) is 0. The molecular formula is H4Cl4O4. The first-order valence-corrected chi connectivity index (χ1v) is 1.85. The Labute approximate surface area is 66.5 Å². The minimum atomic E-state index is -0.417. The first kappa shape index (κ1) is 23.0. The largest absolute Gasteiger partial charge is 0.544 e. The molecule has 0 aromatic rings. The van der Waals surface area contributed by atoms with Crippen molar-refractivity contribution in [1.82, 2.24) is 0 Å². The van der Waals surface area contributed by atoms with E-state index in [0.717, 1.165) is 0 Å². The molecule has 8 heavy (non-hydrogen) atoms. The van der Waals surface area contributed by atoms with Crippen LogP contribution in [0.15, 0.2) is 0 Å². The van der Waals surface area contributed by atoms with E-state index in [-0.39, 0.29) is 24.8 Å². The minimum absolute atomic E-state index is 0. The van der Waals surface area contributed by atoms with Crippen LogP contribution in [0.25, 0.3) is 0 Å². The average Bonchev–Trinajstić information content (AvgIpc) is 1.39. The van der Waals surface area contributed by atoms with Crippen LogP contribution in [0.1, 0.15) is 0 Å². The van der Waals surface area contributed by atoms with Crippen molar-refractivity contribution in [3.8, 4) is 0 Å². The molecule has 56 valence electrons. The Kier molecular flexibility index (Phi) is 125. The molecule has 4 nitrogen and oxygen atoms in total. The van der Waals surface area contributed by atoms with Gasteiger partial charge in [0.2, 0.25) is 0 Å². The van der Waals surface area contributed by atoms with Crippen molar-refractivity contribution < 1.29 is 66.1 Å². The molecule has 0 saturated heterocycles. The maximum Gasteiger partial charge on any atom is 0.0903 e. The van der Waals surface area contributed by atoms with Gasteiger partial charge in [0, 0.05) is 0 Å². The van der Waals surface area contributed by atoms with Gasteiger partial charge in [-0.25, -0.2) is 0 Å². The third-order valence-corrected chi connectivity index (χ3v) is 0. The van der Waals surface area contributed by atoms with E-state index in [4.69, 9.17) is 18.6 Å². The minimum Gasteiger partial charge on any atom is -0.544 e. The van der Waals surface area contributed by atoms with E-state index in [1.165, 1.54) is 0 Å². The molecule has 0 atom stereocenters. The second-order valence-corrected chi connectivity index (χ2v) is 0.378. The van der Waals surface area contributed by atoms with E-state index >= 15 is 0 Å². The Balaban J connectivity index is -0.0000000160. The summed E-state index contributed by atoms with van der Waals surface area (Å²) < 4.78 is 32.9. The molecule has 0 spiro atoms. The second-order valence-electron chi connectivity index (χ2n) is 0.126. The van der Waals surface area contributed by atoms with Gasteiger partial charge in [0.1, 0.15) is 0 Å². The molecule has 0 aromatic heterocycles. The topological polar surface area (TPSA) is 92.2 Å². The highest BCUT2D eigenvalue weighted by molar-refractivity contribution is 1.42. The fraction of sp³-hybridized carbons (Fsp3) is 0. The van der Waals surface area contributed by atoms with Crippen molar-refractivity contribution in [2.45, 2.75) is 0 Å². The van der Waals surface area contributed by atoms with Crippen LogP contribution in [0.5, 0.6) is 0 Å². The summed E-state index contributed by atoms with van der Waals surface area (Å²) in [4.78, 5) is 0. The van der Waals surface area contributed by atoms with E-state index in [1.54, 1.807) is 0 Å². The first-order chi connectivity index (χ1) is 2.83. The maximum absolute atomic E-state index is 8.24. The SMILES string of the molecule is [ClH2+].[ClH2+].[O-][Cl+][O-].[O-][Cl+][O-]. The first-order valence-electron chi connectivity index (χ1n) is 0.617. The highest BCUT2D eigenvalue weighted by Gasteiger charge is 1.22. The second kappa shape index (κ2) is 43.6. The summed E-state index contributed by atoms with van der Waals surface area (Å²) in [6.07, 6.45) is 0. The number of halogens is 4. The highest BCUT2D eigenvalue weighted by atomic mass is 35.6. The molecule has 0 aromatic carbocycles. The van der Waals surface area contributed by atoms with Crippen LogP contribution < -0.4 is 18.6 Å². The molecule has 0 heterocycles. The lowest BCUT2D eigenvalue weighted by Crippen LogP contribution is -2.13. The maximum atomic E-state index is 8.24. The summed E-state index contributed by atoms with van der Waals surface area (Å²) in [5, 5.41) is 0. The molecule has 0 N–H and O–H groups in total. The molecule has 0 amide bonds. The summed E-state index contributed by atoms with van der Waals surface area (Å²) in [6, 6.07) is 0. The molecule has 0 aliphatic rings. The predicted molar refractivity (Wildman–Crippen MR) is 5.58 cm³/mol. The van der Waals surface area contributed by atoms with Gasteiger partial charge >= 0.3 is 0 Å². The molecule has 0 aliphatic heterocycles. The molecule has 0 rings (SSSR count). The summed E-state index contributed by atoms with van der Waals surface area (Å²) >= 11 is -0.833. The smallest absolute Gasteiger partial charge is 0.0903 e. The predicted octanol–water partition coefficient (Wildman–Crippen LogP) is -5.83. The van der Waals surface area contributed by atoms with Gasteiger partial charge in [-0.3, -0.25) is 0 Å². The van der Waals surface area contributed by atoms with Crippen molar-refractivity contribution >= 4 is 0 Å². The van der Waals surface area contributed by atoms with Gasteiger partial charge in [-0.05, 0) is 0 Å². The fourth-order valence-corrected chi connectivity index (χ4v) is 0. The van der Waals surface area contributed by atoms with Crippen molar-refractivity contribution in [3.05, 3.63) is 0 Å². The van der Waals surface area contributed by atoms with E-state index in [0.29, 0.717) is 0 Å². The number of hydrogen-bond acceptors (Lipinski definition) is 4. The van der Waals surface area contributed by atoms with Crippen LogP contribution in [0, 0.1) is 47.5 Å². The monoisotopic (exact) mass is 208 g/mol. The van der Waals surface area contributed by atoms with Crippen molar-refractivity contribution in [3.63, 3.8) is 0 Å². The summed E-state index contributed by atoms with van der Waals surface area (Å²) in [5.74, 6) is 0. The van der Waals surface area contributed by atoms with Gasteiger partial charge in [-0.2, -0.15) is 0 Å². The molecule has 0 bridgehead atoms. The lowest BCUT2D eigenvalue weighted by Gasteiger charge is -1.68. The molecule has 0 aliphatic carbocycles. The summed E-state index contributed by atoms with van der Waals surface area (Å²) in [6.45, 7) is 0. The lowest BCUT2D eigenvalue weighted by atomic mass is 15.9. The third-order valence-electron chi connectivity index (χ3n) is 0. The van der Waals surface area contributed by atoms with Gasteiger partial charge in [0.15, 0.2) is 0 Å². The molecule has 0 radical (unpaired) electrons. The van der Waals surface area contributed by atoms with Crippen LogP contribution >= 0.6 is 0 Å². The lowest BCUT2D eigenvalue weighted by molar-refractivity contribution is -1.41. The zero-order valence-corrected chi connectivity index (χ0v) is 6.58. The zero-order valence-electron chi connectivity index (χ0n) is 3.28. The van der Waals surface area contributed by atoms with Crippen LogP contribution in [-0.4, -0.2) is 0 Å². The van der Waals surface area contributed by atoms with Crippen molar-refractivity contribution in [2.24, 2.45) is 0 Å². The molecular weight excluding hydrogens is 206 g/mol. The molecule has 0 unspecified atom stereocenters. The van der Waals surface area contributed by atoms with Crippen LogP contribution in [-0.2, 0) is 0 Å². The third kappa shape index (κ3) is 252. The van der Waals surface area contributed by atoms with Gasteiger partial charge < -0.3 is 18.6 Å². The van der Waals surface area contributed by atoms with Crippen LogP contribution in [0.3, 0.4) is 0 Å². The van der Waals surface area contributed by atoms with E-state index in [1.807, 2.05) is 0 Å². The van der Waals surface area contributed by atoms with Gasteiger partial charge in [0.25, 0.3) is 0 Å². The van der Waals surface area contributed by atoms with Gasteiger partial charge in [-0.1, -0.05) is 0 Å². The highest BCUT2D eigenvalue weighted by Crippen LogP contribution is 0.943. The van der Waals surface area contributed by atoms with E-state index in [2.05, 4.69) is 0 Å². The molecule has 0 fully saturated rings. The van der Waals surface area contributed by atoms with Crippen LogP contribution in [0.4, 0.5) is 0 Å². The Morgan fingerprint density at radius 1 is 0.625 bits per heavy atom. The standard InChI is InChI=1S/2ClO2.2ClH2/c2*2-1-3;;/h;;2*1H2/q2*-1;2*+1. The molecule has 0 saturated carbocycles. The number of hydrogen-bond donors (Lipinski definition) is 0. The average molecular weight is 210 g/mol. The Morgan fingerprint density at radius 2 is 0.625 bits per heavy atom.